The summed E-state index contributed by atoms with van der Waals surface area (Å²) < 4.78 is 1.08. The second-order valence-corrected chi connectivity index (χ2v) is 6.82. The number of hydrogen-bond donors (Lipinski definition) is 2. The van der Waals surface area contributed by atoms with Crippen LogP contribution in [0.25, 0.3) is 0 Å². The predicted molar refractivity (Wildman–Crippen MR) is 96.0 cm³/mol. The van der Waals surface area contributed by atoms with Gasteiger partial charge in [0.25, 0.3) is 0 Å². The Bertz CT molecular complexity index is 500. The Labute approximate surface area is 145 Å². The van der Waals surface area contributed by atoms with Crippen molar-refractivity contribution < 1.29 is 4.79 Å². The average molecular weight is 422 g/mol. The molecule has 1 aromatic carbocycles. The molecule has 2 aliphatic rings. The first kappa shape index (κ1) is 17.0. The molecule has 2 N–H and O–H groups in total. The first-order chi connectivity index (χ1) is 9.72. The minimum Gasteiger partial charge on any atom is -0.324 e. The molecule has 1 aromatic rings. The summed E-state index contributed by atoms with van der Waals surface area (Å²) in [5.41, 5.74) is 0.913. The summed E-state index contributed by atoms with van der Waals surface area (Å²) in [6, 6.07) is 8.57. The van der Waals surface area contributed by atoms with Crippen LogP contribution in [0, 0.1) is 9.49 Å². The molecule has 2 fully saturated rings. The maximum Gasteiger partial charge on any atom is 0.238 e. The highest BCUT2D eigenvalue weighted by Crippen LogP contribution is 2.24. The quantitative estimate of drug-likeness (QED) is 0.737. The van der Waals surface area contributed by atoms with Gasteiger partial charge in [-0.25, -0.2) is 0 Å². The lowest BCUT2D eigenvalue weighted by atomic mass is 9.93. The van der Waals surface area contributed by atoms with E-state index in [0.29, 0.717) is 12.6 Å². The molecule has 0 saturated carbocycles. The van der Waals surface area contributed by atoms with E-state index in [1.165, 1.54) is 12.8 Å². The van der Waals surface area contributed by atoms with E-state index in [0.717, 1.165) is 34.8 Å². The largest absolute Gasteiger partial charge is 0.324 e. The van der Waals surface area contributed by atoms with Gasteiger partial charge < -0.3 is 10.6 Å². The van der Waals surface area contributed by atoms with Gasteiger partial charge in [-0.3, -0.25) is 9.69 Å². The third kappa shape index (κ3) is 4.31. The zero-order valence-corrected chi connectivity index (χ0v) is 14.8. The van der Waals surface area contributed by atoms with Crippen LogP contribution in [-0.2, 0) is 4.79 Å². The second kappa shape index (κ2) is 7.76. The molecule has 0 aliphatic carbocycles. The lowest BCUT2D eigenvalue weighted by molar-refractivity contribution is -0.117. The van der Waals surface area contributed by atoms with Crippen molar-refractivity contribution in [1.82, 2.24) is 10.2 Å². The summed E-state index contributed by atoms with van der Waals surface area (Å²) in [6.45, 7) is 3.72. The average Bonchev–Trinajstić information content (AvgIpc) is 2.89. The van der Waals surface area contributed by atoms with Crippen molar-refractivity contribution in [2.24, 2.45) is 5.92 Å². The van der Waals surface area contributed by atoms with Crippen molar-refractivity contribution in [2.45, 2.75) is 18.9 Å². The molecule has 1 amide bonds. The summed E-state index contributed by atoms with van der Waals surface area (Å²) in [6.07, 6.45) is 2.42. The smallest absolute Gasteiger partial charge is 0.238 e. The number of halogens is 2. The van der Waals surface area contributed by atoms with Crippen LogP contribution in [0.1, 0.15) is 12.8 Å². The highest BCUT2D eigenvalue weighted by atomic mass is 127. The second-order valence-electron chi connectivity index (χ2n) is 5.66. The summed E-state index contributed by atoms with van der Waals surface area (Å²) in [4.78, 5) is 14.4. The SMILES string of the molecule is Cl.O=C(CN1CCC2NCCC2C1)Nc1ccccc1I. The molecule has 116 valence electrons. The van der Waals surface area contributed by atoms with Gasteiger partial charge in [-0.05, 0) is 60.0 Å². The number of nitrogens with one attached hydrogen (secondary N) is 2. The summed E-state index contributed by atoms with van der Waals surface area (Å²) in [5.74, 6) is 0.826. The number of likely N-dealkylation sites (tertiary alicyclic amines) is 1. The molecule has 0 radical (unpaired) electrons. The van der Waals surface area contributed by atoms with Gasteiger partial charge >= 0.3 is 0 Å². The number of hydrogen-bond acceptors (Lipinski definition) is 3. The summed E-state index contributed by atoms with van der Waals surface area (Å²) >= 11 is 2.25. The van der Waals surface area contributed by atoms with E-state index >= 15 is 0 Å². The van der Waals surface area contributed by atoms with Crippen LogP contribution in [0.2, 0.25) is 0 Å². The molecule has 2 unspecified atom stereocenters. The fraction of sp³-hybridized carbons (Fsp3) is 0.533. The Morgan fingerprint density at radius 2 is 2.19 bits per heavy atom. The molecular weight excluding hydrogens is 401 g/mol. The maximum atomic E-state index is 12.2. The molecule has 2 saturated heterocycles. The topological polar surface area (TPSA) is 44.4 Å². The molecule has 4 nitrogen and oxygen atoms in total. The first-order valence-corrected chi connectivity index (χ1v) is 8.30. The lowest BCUT2D eigenvalue weighted by Gasteiger charge is -2.34. The Morgan fingerprint density at radius 1 is 1.38 bits per heavy atom. The first-order valence-electron chi connectivity index (χ1n) is 7.22. The van der Waals surface area contributed by atoms with Crippen LogP contribution in [0.4, 0.5) is 5.69 Å². The minimum atomic E-state index is 0. The van der Waals surface area contributed by atoms with Gasteiger partial charge in [0.2, 0.25) is 5.91 Å². The van der Waals surface area contributed by atoms with E-state index < -0.39 is 0 Å². The van der Waals surface area contributed by atoms with E-state index in [9.17, 15) is 4.79 Å². The standard InChI is InChI=1S/C15H20IN3O.ClH/c16-12-3-1-2-4-14(12)18-15(20)10-19-8-6-13-11(9-19)5-7-17-13;/h1-4,11,13,17H,5-10H2,(H,18,20);1H. The van der Waals surface area contributed by atoms with Crippen molar-refractivity contribution in [3.05, 3.63) is 27.8 Å². The van der Waals surface area contributed by atoms with Crippen molar-refractivity contribution in [3.8, 4) is 0 Å². The van der Waals surface area contributed by atoms with Gasteiger partial charge in [0.05, 0.1) is 12.2 Å². The number of amides is 1. The van der Waals surface area contributed by atoms with Crippen LogP contribution in [-0.4, -0.2) is 43.0 Å². The van der Waals surface area contributed by atoms with Crippen LogP contribution in [0.5, 0.6) is 0 Å². The Balaban J connectivity index is 0.00000161. The monoisotopic (exact) mass is 421 g/mol. The van der Waals surface area contributed by atoms with Crippen LogP contribution in [0.3, 0.4) is 0 Å². The number of rotatable bonds is 3. The highest BCUT2D eigenvalue weighted by molar-refractivity contribution is 14.1. The number of piperidine rings is 1. The Hall–Kier alpha value is -0.370. The summed E-state index contributed by atoms with van der Waals surface area (Å²) in [5, 5.41) is 6.56. The zero-order valence-electron chi connectivity index (χ0n) is 11.8. The third-order valence-corrected chi connectivity index (χ3v) is 5.20. The highest BCUT2D eigenvalue weighted by Gasteiger charge is 2.32. The number of para-hydroxylation sites is 1. The number of carbonyl (C=O) groups excluding carboxylic acids is 1. The van der Waals surface area contributed by atoms with E-state index in [-0.39, 0.29) is 18.3 Å². The van der Waals surface area contributed by atoms with Gasteiger partial charge in [0.1, 0.15) is 0 Å². The minimum absolute atomic E-state index is 0. The molecule has 6 heteroatoms. The van der Waals surface area contributed by atoms with E-state index in [1.54, 1.807) is 0 Å². The summed E-state index contributed by atoms with van der Waals surface area (Å²) in [7, 11) is 0. The molecule has 2 atom stereocenters. The Morgan fingerprint density at radius 3 is 3.00 bits per heavy atom. The fourth-order valence-electron chi connectivity index (χ4n) is 3.22. The van der Waals surface area contributed by atoms with Crippen LogP contribution >= 0.6 is 35.0 Å². The number of carbonyl (C=O) groups is 1. The zero-order chi connectivity index (χ0) is 13.9. The third-order valence-electron chi connectivity index (χ3n) is 4.25. The van der Waals surface area contributed by atoms with Gasteiger partial charge in [-0.15, -0.1) is 12.4 Å². The van der Waals surface area contributed by atoms with Crippen molar-refractivity contribution in [2.75, 3.05) is 31.5 Å². The molecule has 21 heavy (non-hydrogen) atoms. The number of anilines is 1. The Kier molecular flexibility index (Phi) is 6.28. The van der Waals surface area contributed by atoms with E-state index in [4.69, 9.17) is 0 Å². The molecule has 0 bridgehead atoms. The lowest BCUT2D eigenvalue weighted by Crippen LogP contribution is -2.46. The van der Waals surface area contributed by atoms with Crippen LogP contribution in [0.15, 0.2) is 24.3 Å². The predicted octanol–water partition coefficient (Wildman–Crippen LogP) is 2.34. The molecule has 0 aromatic heterocycles. The number of benzene rings is 1. The van der Waals surface area contributed by atoms with E-state index in [2.05, 4.69) is 38.1 Å². The maximum absolute atomic E-state index is 12.2. The van der Waals surface area contributed by atoms with Crippen molar-refractivity contribution in [1.29, 1.82) is 0 Å². The molecule has 2 heterocycles. The molecule has 3 rings (SSSR count). The van der Waals surface area contributed by atoms with Crippen LogP contribution < -0.4 is 10.6 Å². The van der Waals surface area contributed by atoms with Gasteiger partial charge in [-0.1, -0.05) is 12.1 Å². The normalized spacial score (nSPS) is 25.0. The van der Waals surface area contributed by atoms with Gasteiger partial charge in [0, 0.05) is 22.7 Å². The molecule has 0 spiro atoms. The van der Waals surface area contributed by atoms with Gasteiger partial charge in [0.15, 0.2) is 0 Å². The molecular formula is C15H21ClIN3O. The number of nitrogens with zero attached hydrogens (tertiary/aromatic N) is 1. The fourth-order valence-corrected chi connectivity index (χ4v) is 3.74. The van der Waals surface area contributed by atoms with E-state index in [1.807, 2.05) is 24.3 Å². The van der Waals surface area contributed by atoms with Crippen molar-refractivity contribution in [3.63, 3.8) is 0 Å². The van der Waals surface area contributed by atoms with Gasteiger partial charge in [-0.2, -0.15) is 0 Å². The van der Waals surface area contributed by atoms with Crippen molar-refractivity contribution >= 4 is 46.6 Å². The number of fused-ring (bicyclic) bond motifs is 1. The molecule has 2 aliphatic heterocycles.